The fraction of sp³-hybridized carbons (Fsp3) is 0.455. The molecule has 1 aromatic carbocycles. The Bertz CT molecular complexity index is 325. The number of fused-ring (bicyclic) bond motifs is 1. The van der Waals surface area contributed by atoms with Crippen LogP contribution in [0, 0.1) is 0 Å². The summed E-state index contributed by atoms with van der Waals surface area (Å²) in [6.45, 7) is 1.88. The van der Waals surface area contributed by atoms with Crippen LogP contribution in [0.3, 0.4) is 0 Å². The van der Waals surface area contributed by atoms with E-state index >= 15 is 0 Å². The van der Waals surface area contributed by atoms with Crippen LogP contribution in [-0.2, 0) is 17.8 Å². The molecule has 1 aliphatic heterocycles. The van der Waals surface area contributed by atoms with E-state index in [0.717, 1.165) is 19.5 Å². The highest BCUT2D eigenvalue weighted by atomic mass is 16.7. The molecule has 1 heterocycles. The molecular formula is C11H16N2O. The standard InChI is InChI=1S/C11H16N2O/c1-13(14-2)8-10-5-3-4-9-6-7-12-11(9)10/h3-5,12H,6-8H2,1-2H3. The summed E-state index contributed by atoms with van der Waals surface area (Å²) in [6.07, 6.45) is 1.14. The molecule has 2 rings (SSSR count). The van der Waals surface area contributed by atoms with Crippen molar-refractivity contribution in [2.24, 2.45) is 0 Å². The fourth-order valence-corrected chi connectivity index (χ4v) is 1.85. The smallest absolute Gasteiger partial charge is 0.0575 e. The molecule has 0 bridgehead atoms. The molecule has 0 saturated carbocycles. The summed E-state index contributed by atoms with van der Waals surface area (Å²) in [5.74, 6) is 0. The van der Waals surface area contributed by atoms with Gasteiger partial charge in [-0.05, 0) is 17.5 Å². The Morgan fingerprint density at radius 2 is 2.36 bits per heavy atom. The average molecular weight is 192 g/mol. The van der Waals surface area contributed by atoms with E-state index in [4.69, 9.17) is 4.84 Å². The number of hydrogen-bond donors (Lipinski definition) is 1. The Hall–Kier alpha value is -1.06. The van der Waals surface area contributed by atoms with Crippen molar-refractivity contribution in [2.45, 2.75) is 13.0 Å². The van der Waals surface area contributed by atoms with Crippen molar-refractivity contribution in [1.82, 2.24) is 5.06 Å². The van der Waals surface area contributed by atoms with Gasteiger partial charge in [-0.1, -0.05) is 18.2 Å². The number of benzene rings is 1. The van der Waals surface area contributed by atoms with E-state index in [1.54, 1.807) is 7.11 Å². The van der Waals surface area contributed by atoms with E-state index in [1.807, 2.05) is 12.1 Å². The van der Waals surface area contributed by atoms with Crippen LogP contribution in [0.2, 0.25) is 0 Å². The van der Waals surface area contributed by atoms with Crippen molar-refractivity contribution in [3.8, 4) is 0 Å². The molecule has 0 radical (unpaired) electrons. The second-order valence-corrected chi connectivity index (χ2v) is 3.60. The lowest BCUT2D eigenvalue weighted by Gasteiger charge is -2.15. The molecule has 3 nitrogen and oxygen atoms in total. The molecular weight excluding hydrogens is 176 g/mol. The topological polar surface area (TPSA) is 24.5 Å². The van der Waals surface area contributed by atoms with Gasteiger partial charge in [-0.2, -0.15) is 5.06 Å². The van der Waals surface area contributed by atoms with Crippen LogP contribution in [-0.4, -0.2) is 25.8 Å². The second kappa shape index (κ2) is 3.98. The number of hydroxylamine groups is 2. The third kappa shape index (κ3) is 1.74. The predicted octanol–water partition coefficient (Wildman–Crippen LogP) is 1.65. The third-order valence-electron chi connectivity index (χ3n) is 2.64. The van der Waals surface area contributed by atoms with Crippen LogP contribution >= 0.6 is 0 Å². The maximum Gasteiger partial charge on any atom is 0.0575 e. The van der Waals surface area contributed by atoms with Crippen LogP contribution in [0.1, 0.15) is 11.1 Å². The first-order valence-corrected chi connectivity index (χ1v) is 4.91. The van der Waals surface area contributed by atoms with Gasteiger partial charge in [0.25, 0.3) is 0 Å². The number of nitrogens with one attached hydrogen (secondary N) is 1. The molecule has 1 aromatic rings. The van der Waals surface area contributed by atoms with Gasteiger partial charge in [0.2, 0.25) is 0 Å². The molecule has 0 amide bonds. The fourth-order valence-electron chi connectivity index (χ4n) is 1.85. The molecule has 0 unspecified atom stereocenters. The quantitative estimate of drug-likeness (QED) is 0.737. The van der Waals surface area contributed by atoms with E-state index in [2.05, 4.69) is 23.5 Å². The highest BCUT2D eigenvalue weighted by Crippen LogP contribution is 2.26. The van der Waals surface area contributed by atoms with Crippen LogP contribution in [0.15, 0.2) is 18.2 Å². The molecule has 0 aromatic heterocycles. The lowest BCUT2D eigenvalue weighted by molar-refractivity contribution is -0.116. The Morgan fingerprint density at radius 1 is 1.50 bits per heavy atom. The summed E-state index contributed by atoms with van der Waals surface area (Å²) in [6, 6.07) is 6.45. The first-order chi connectivity index (χ1) is 6.81. The maximum atomic E-state index is 5.12. The summed E-state index contributed by atoms with van der Waals surface area (Å²) in [7, 11) is 3.63. The van der Waals surface area contributed by atoms with Gasteiger partial charge in [0.1, 0.15) is 0 Å². The van der Waals surface area contributed by atoms with Gasteiger partial charge in [-0.25, -0.2) is 0 Å². The summed E-state index contributed by atoms with van der Waals surface area (Å²) in [5.41, 5.74) is 4.03. The maximum absolute atomic E-state index is 5.12. The van der Waals surface area contributed by atoms with Gasteiger partial charge in [0.15, 0.2) is 0 Å². The largest absolute Gasteiger partial charge is 0.384 e. The molecule has 0 aliphatic carbocycles. The van der Waals surface area contributed by atoms with Gasteiger partial charge in [0, 0.05) is 19.3 Å². The monoisotopic (exact) mass is 192 g/mol. The summed E-state index contributed by atoms with van der Waals surface area (Å²) < 4.78 is 0. The second-order valence-electron chi connectivity index (χ2n) is 3.60. The average Bonchev–Trinajstić information content (AvgIpc) is 2.66. The minimum atomic E-state index is 0.826. The molecule has 76 valence electrons. The van der Waals surface area contributed by atoms with Crippen molar-refractivity contribution in [3.63, 3.8) is 0 Å². The van der Waals surface area contributed by atoms with Crippen LogP contribution in [0.4, 0.5) is 5.69 Å². The van der Waals surface area contributed by atoms with Crippen molar-refractivity contribution in [2.75, 3.05) is 26.0 Å². The number of rotatable bonds is 3. The molecule has 1 N–H and O–H groups in total. The number of nitrogens with zero attached hydrogens (tertiary/aromatic N) is 1. The molecule has 1 aliphatic rings. The highest BCUT2D eigenvalue weighted by Gasteiger charge is 2.14. The summed E-state index contributed by atoms with van der Waals surface area (Å²) in [5, 5.41) is 5.24. The van der Waals surface area contributed by atoms with Gasteiger partial charge in [-0.3, -0.25) is 0 Å². The highest BCUT2D eigenvalue weighted by molar-refractivity contribution is 5.61. The normalized spacial score (nSPS) is 14.2. The first-order valence-electron chi connectivity index (χ1n) is 4.91. The van der Waals surface area contributed by atoms with E-state index in [1.165, 1.54) is 16.8 Å². The van der Waals surface area contributed by atoms with Crippen LogP contribution < -0.4 is 5.32 Å². The zero-order valence-corrected chi connectivity index (χ0v) is 8.71. The third-order valence-corrected chi connectivity index (χ3v) is 2.64. The zero-order valence-electron chi connectivity index (χ0n) is 8.71. The molecule has 0 fully saturated rings. The Balaban J connectivity index is 2.22. The zero-order chi connectivity index (χ0) is 9.97. The molecule has 14 heavy (non-hydrogen) atoms. The molecule has 0 atom stereocenters. The van der Waals surface area contributed by atoms with Gasteiger partial charge in [-0.15, -0.1) is 0 Å². The van der Waals surface area contributed by atoms with E-state index < -0.39 is 0 Å². The summed E-state index contributed by atoms with van der Waals surface area (Å²) in [4.78, 5) is 5.12. The van der Waals surface area contributed by atoms with Gasteiger partial charge in [0.05, 0.1) is 13.7 Å². The Kier molecular flexibility index (Phi) is 2.70. The Labute approximate surface area is 84.6 Å². The predicted molar refractivity (Wildman–Crippen MR) is 57.1 cm³/mol. The SMILES string of the molecule is CON(C)Cc1cccc2c1NCC2. The number of anilines is 1. The van der Waals surface area contributed by atoms with Crippen molar-refractivity contribution in [3.05, 3.63) is 29.3 Å². The van der Waals surface area contributed by atoms with Crippen LogP contribution in [0.5, 0.6) is 0 Å². The van der Waals surface area contributed by atoms with Gasteiger partial charge < -0.3 is 10.2 Å². The molecule has 3 heteroatoms. The number of para-hydroxylation sites is 1. The van der Waals surface area contributed by atoms with E-state index in [-0.39, 0.29) is 0 Å². The minimum absolute atomic E-state index is 0.826. The number of hydrogen-bond acceptors (Lipinski definition) is 3. The Morgan fingerprint density at radius 3 is 3.14 bits per heavy atom. The van der Waals surface area contributed by atoms with E-state index in [9.17, 15) is 0 Å². The molecule has 0 spiro atoms. The lowest BCUT2D eigenvalue weighted by Crippen LogP contribution is -2.16. The van der Waals surface area contributed by atoms with Crippen LogP contribution in [0.25, 0.3) is 0 Å². The van der Waals surface area contributed by atoms with Crippen molar-refractivity contribution in [1.29, 1.82) is 0 Å². The van der Waals surface area contributed by atoms with Crippen molar-refractivity contribution >= 4 is 5.69 Å². The summed E-state index contributed by atoms with van der Waals surface area (Å²) >= 11 is 0. The first kappa shape index (κ1) is 9.49. The van der Waals surface area contributed by atoms with Crippen molar-refractivity contribution < 1.29 is 4.84 Å². The minimum Gasteiger partial charge on any atom is -0.384 e. The molecule has 0 saturated heterocycles. The van der Waals surface area contributed by atoms with Gasteiger partial charge >= 0.3 is 0 Å². The van der Waals surface area contributed by atoms with E-state index in [0.29, 0.717) is 0 Å². The lowest BCUT2D eigenvalue weighted by atomic mass is 10.1.